The minimum atomic E-state index is 0. The summed E-state index contributed by atoms with van der Waals surface area (Å²) in [6.07, 6.45) is 3.60. The Labute approximate surface area is 48.5 Å². The molecule has 0 saturated heterocycles. The minimum absolute atomic E-state index is 0. The van der Waals surface area contributed by atoms with Crippen molar-refractivity contribution in [3.63, 3.8) is 0 Å². The molecule has 2 nitrogen and oxygen atoms in total. The molecule has 44 valence electrons. The van der Waals surface area contributed by atoms with Crippen LogP contribution in [0.25, 0.3) is 0 Å². The smallest absolute Gasteiger partial charge is 0.0297 e. The van der Waals surface area contributed by atoms with E-state index in [1.807, 2.05) is 25.3 Å². The second kappa shape index (κ2) is 3.16. The number of aromatic nitrogens is 1. The molecule has 2 heteroatoms. The summed E-state index contributed by atoms with van der Waals surface area (Å²) >= 11 is 0. The molecule has 1 aromatic rings. The van der Waals surface area contributed by atoms with Gasteiger partial charge in [-0.15, -0.1) is 0 Å². The number of hydrogen-bond acceptors (Lipinski definition) is 1. The molecular formula is C6H9NO. The van der Waals surface area contributed by atoms with Crippen molar-refractivity contribution in [3.8, 4) is 0 Å². The predicted molar refractivity (Wildman–Crippen MR) is 32.6 cm³/mol. The molecule has 0 radical (unpaired) electrons. The van der Waals surface area contributed by atoms with Gasteiger partial charge in [0, 0.05) is 12.4 Å². The number of hydrogen-bond donors (Lipinski definition) is 0. The Morgan fingerprint density at radius 2 is 2.25 bits per heavy atom. The second-order valence-corrected chi connectivity index (χ2v) is 1.53. The average molecular weight is 111 g/mol. The topological polar surface area (TPSA) is 44.4 Å². The minimum Gasteiger partial charge on any atom is -0.412 e. The first-order chi connectivity index (χ1) is 3.39. The van der Waals surface area contributed by atoms with Gasteiger partial charge < -0.3 is 5.48 Å². The molecule has 8 heavy (non-hydrogen) atoms. The van der Waals surface area contributed by atoms with Gasteiger partial charge in [0.05, 0.1) is 0 Å². The first-order valence-electron chi connectivity index (χ1n) is 2.26. The first-order valence-corrected chi connectivity index (χ1v) is 2.26. The summed E-state index contributed by atoms with van der Waals surface area (Å²) in [7, 11) is 0. The van der Waals surface area contributed by atoms with Gasteiger partial charge in [0.25, 0.3) is 0 Å². The van der Waals surface area contributed by atoms with Crippen molar-refractivity contribution in [1.82, 2.24) is 4.98 Å². The summed E-state index contributed by atoms with van der Waals surface area (Å²) in [4.78, 5) is 3.88. The van der Waals surface area contributed by atoms with Crippen molar-refractivity contribution >= 4 is 0 Å². The van der Waals surface area contributed by atoms with Gasteiger partial charge in [-0.2, -0.15) is 0 Å². The van der Waals surface area contributed by atoms with Gasteiger partial charge in [0.1, 0.15) is 0 Å². The van der Waals surface area contributed by atoms with Crippen LogP contribution in [0.5, 0.6) is 0 Å². The van der Waals surface area contributed by atoms with E-state index in [1.165, 1.54) is 5.56 Å². The van der Waals surface area contributed by atoms with E-state index in [-0.39, 0.29) is 5.48 Å². The molecule has 0 spiro atoms. The third kappa shape index (κ3) is 1.71. The Bertz CT molecular complexity index is 138. The molecule has 0 atom stereocenters. The van der Waals surface area contributed by atoms with Gasteiger partial charge in [-0.1, -0.05) is 6.07 Å². The summed E-state index contributed by atoms with van der Waals surface area (Å²) in [6.45, 7) is 2.02. The lowest BCUT2D eigenvalue weighted by Crippen LogP contribution is -1.69. The van der Waals surface area contributed by atoms with Crippen LogP contribution in [0, 0.1) is 6.92 Å². The lowest BCUT2D eigenvalue weighted by atomic mass is 10.3. The Morgan fingerprint density at radius 1 is 1.50 bits per heavy atom. The van der Waals surface area contributed by atoms with Crippen LogP contribution >= 0.6 is 0 Å². The van der Waals surface area contributed by atoms with E-state index in [9.17, 15) is 0 Å². The zero-order valence-electron chi connectivity index (χ0n) is 4.76. The molecule has 0 aliphatic carbocycles. The van der Waals surface area contributed by atoms with E-state index in [1.54, 1.807) is 6.20 Å². The summed E-state index contributed by atoms with van der Waals surface area (Å²) in [5.74, 6) is 0. The van der Waals surface area contributed by atoms with Gasteiger partial charge >= 0.3 is 0 Å². The zero-order valence-corrected chi connectivity index (χ0v) is 4.76. The number of aryl methyl sites for hydroxylation is 1. The van der Waals surface area contributed by atoms with Crippen molar-refractivity contribution in [3.05, 3.63) is 30.1 Å². The maximum atomic E-state index is 3.88. The van der Waals surface area contributed by atoms with Gasteiger partial charge in [0.2, 0.25) is 0 Å². The fraction of sp³-hybridized carbons (Fsp3) is 0.167. The maximum absolute atomic E-state index is 3.88. The van der Waals surface area contributed by atoms with Gasteiger partial charge in [0.15, 0.2) is 0 Å². The largest absolute Gasteiger partial charge is 0.412 e. The molecule has 1 aromatic heterocycles. The predicted octanol–water partition coefficient (Wildman–Crippen LogP) is 0.565. The van der Waals surface area contributed by atoms with Crippen molar-refractivity contribution in [2.45, 2.75) is 6.92 Å². The molecule has 0 fully saturated rings. The Hall–Kier alpha value is -0.890. The van der Waals surface area contributed by atoms with E-state index in [0.29, 0.717) is 0 Å². The van der Waals surface area contributed by atoms with Crippen LogP contribution in [0.15, 0.2) is 24.5 Å². The zero-order chi connectivity index (χ0) is 5.11. The highest BCUT2D eigenvalue weighted by Gasteiger charge is 1.73. The highest BCUT2D eigenvalue weighted by molar-refractivity contribution is 5.04. The summed E-state index contributed by atoms with van der Waals surface area (Å²) in [6, 6.07) is 3.95. The molecule has 0 aliphatic heterocycles. The van der Waals surface area contributed by atoms with Crippen LogP contribution < -0.4 is 0 Å². The van der Waals surface area contributed by atoms with Gasteiger partial charge in [-0.25, -0.2) is 0 Å². The SMILES string of the molecule is Cc1cccnc1.O. The Kier molecular flexibility index (Phi) is 2.80. The van der Waals surface area contributed by atoms with Crippen LogP contribution in [-0.2, 0) is 0 Å². The van der Waals surface area contributed by atoms with E-state index in [2.05, 4.69) is 4.98 Å². The lowest BCUT2D eigenvalue weighted by Gasteiger charge is -1.82. The highest BCUT2D eigenvalue weighted by atomic mass is 16.0. The Morgan fingerprint density at radius 3 is 2.50 bits per heavy atom. The molecule has 0 unspecified atom stereocenters. The third-order valence-electron chi connectivity index (χ3n) is 0.809. The molecule has 0 saturated carbocycles. The van der Waals surface area contributed by atoms with Gasteiger partial charge in [-0.05, 0) is 18.6 Å². The first kappa shape index (κ1) is 7.11. The summed E-state index contributed by atoms with van der Waals surface area (Å²) < 4.78 is 0. The molecule has 1 rings (SSSR count). The van der Waals surface area contributed by atoms with Crippen molar-refractivity contribution in [2.75, 3.05) is 0 Å². The van der Waals surface area contributed by atoms with Crippen LogP contribution in [0.3, 0.4) is 0 Å². The molecule has 2 N–H and O–H groups in total. The fourth-order valence-corrected chi connectivity index (χ4v) is 0.448. The molecule has 0 aliphatic rings. The van der Waals surface area contributed by atoms with Crippen molar-refractivity contribution in [2.24, 2.45) is 0 Å². The maximum Gasteiger partial charge on any atom is 0.0297 e. The summed E-state index contributed by atoms with van der Waals surface area (Å²) in [5.41, 5.74) is 1.21. The van der Waals surface area contributed by atoms with Crippen LogP contribution in [-0.4, -0.2) is 10.5 Å². The molecule has 0 amide bonds. The average Bonchev–Trinajstić information content (AvgIpc) is 1.69. The normalized spacial score (nSPS) is 7.62. The van der Waals surface area contributed by atoms with Crippen LogP contribution in [0.2, 0.25) is 0 Å². The molecular weight excluding hydrogens is 102 g/mol. The van der Waals surface area contributed by atoms with Gasteiger partial charge in [-0.3, -0.25) is 4.98 Å². The van der Waals surface area contributed by atoms with E-state index in [0.717, 1.165) is 0 Å². The summed E-state index contributed by atoms with van der Waals surface area (Å²) in [5, 5.41) is 0. The lowest BCUT2D eigenvalue weighted by molar-refractivity contribution is 0.824. The molecule has 1 heterocycles. The molecule has 0 bridgehead atoms. The van der Waals surface area contributed by atoms with E-state index in [4.69, 9.17) is 0 Å². The number of pyridine rings is 1. The number of nitrogens with zero attached hydrogens (tertiary/aromatic N) is 1. The van der Waals surface area contributed by atoms with Crippen LogP contribution in [0.1, 0.15) is 5.56 Å². The third-order valence-corrected chi connectivity index (χ3v) is 0.809. The van der Waals surface area contributed by atoms with Crippen molar-refractivity contribution in [1.29, 1.82) is 0 Å². The fourth-order valence-electron chi connectivity index (χ4n) is 0.448. The highest BCUT2D eigenvalue weighted by Crippen LogP contribution is 1.88. The molecule has 0 aromatic carbocycles. The quantitative estimate of drug-likeness (QED) is 0.482. The second-order valence-electron chi connectivity index (χ2n) is 1.53. The van der Waals surface area contributed by atoms with Crippen molar-refractivity contribution < 1.29 is 5.48 Å². The monoisotopic (exact) mass is 111 g/mol. The van der Waals surface area contributed by atoms with E-state index < -0.39 is 0 Å². The Balaban J connectivity index is 0.000000490. The number of rotatable bonds is 0. The van der Waals surface area contributed by atoms with E-state index >= 15 is 0 Å². The standard InChI is InChI=1S/C6H7N.H2O/c1-6-3-2-4-7-5-6;/h2-5H,1H3;1H2. The van der Waals surface area contributed by atoms with Crippen LogP contribution in [0.4, 0.5) is 0 Å².